The number of aromatic nitrogens is 3. The van der Waals surface area contributed by atoms with Crippen molar-refractivity contribution in [1.29, 1.82) is 0 Å². The number of hydrogen-bond donors (Lipinski definition) is 2. The van der Waals surface area contributed by atoms with Gasteiger partial charge >= 0.3 is 5.97 Å². The van der Waals surface area contributed by atoms with Gasteiger partial charge in [-0.1, -0.05) is 25.8 Å². The molecule has 1 saturated carbocycles. The second-order valence-corrected chi connectivity index (χ2v) is 21.5. The average molecular weight is 967 g/mol. The molecule has 5 atom stereocenters. The van der Waals surface area contributed by atoms with Gasteiger partial charge in [0.25, 0.3) is 11.8 Å². The lowest BCUT2D eigenvalue weighted by molar-refractivity contribution is -0.156. The van der Waals surface area contributed by atoms with Crippen LogP contribution in [0.15, 0.2) is 41.9 Å². The molecular formula is C52H67FN8O7S. The number of rotatable bonds is 12. The normalized spacial score (nSPS) is 21.4. The van der Waals surface area contributed by atoms with Crippen molar-refractivity contribution in [3.8, 4) is 34.4 Å². The predicted molar refractivity (Wildman–Crippen MR) is 262 cm³/mol. The molecule has 15 nitrogen and oxygen atoms in total. The summed E-state index contributed by atoms with van der Waals surface area (Å²) in [5.74, 6) is 2.86. The Bertz CT molecular complexity index is 2620. The van der Waals surface area contributed by atoms with Crippen molar-refractivity contribution in [3.05, 3.63) is 58.2 Å². The summed E-state index contributed by atoms with van der Waals surface area (Å²) in [6.07, 6.45) is 2.41. The number of esters is 1. The first-order chi connectivity index (χ1) is 32.9. The summed E-state index contributed by atoms with van der Waals surface area (Å²) in [6.45, 7) is 13.3. The van der Waals surface area contributed by atoms with E-state index in [-0.39, 0.29) is 50.0 Å². The van der Waals surface area contributed by atoms with Crippen LogP contribution in [0.1, 0.15) is 89.6 Å². The van der Waals surface area contributed by atoms with E-state index >= 15 is 4.39 Å². The lowest BCUT2D eigenvalue weighted by atomic mass is 9.84. The average Bonchev–Trinajstić information content (AvgIpc) is 3.99. The first-order valence-corrected chi connectivity index (χ1v) is 25.1. The van der Waals surface area contributed by atoms with Crippen molar-refractivity contribution in [1.82, 2.24) is 40.1 Å². The van der Waals surface area contributed by atoms with Crippen molar-refractivity contribution in [2.24, 2.45) is 17.3 Å². The quantitative estimate of drug-likeness (QED) is 0.124. The molecule has 1 aromatic carbocycles. The fraction of sp³-hybridized carbons (Fsp3) is 0.577. The number of fused-ring (bicyclic) bond motifs is 6. The molecule has 3 unspecified atom stereocenters. The highest BCUT2D eigenvalue weighted by Gasteiger charge is 2.45. The number of ether oxygens (including phenoxy) is 3. The third kappa shape index (κ3) is 11.1. The first kappa shape index (κ1) is 50.1. The van der Waals surface area contributed by atoms with Gasteiger partial charge in [-0.25, -0.2) is 14.8 Å². The number of pyridine rings is 1. The Balaban J connectivity index is 1.08. The number of hydrogen-bond acceptors (Lipinski definition) is 12. The van der Waals surface area contributed by atoms with E-state index in [1.54, 1.807) is 13.3 Å². The summed E-state index contributed by atoms with van der Waals surface area (Å²) in [4.78, 5) is 68.5. The third-order valence-electron chi connectivity index (χ3n) is 14.2. The number of carbonyl (C=O) groups excluding carboxylic acids is 4. The summed E-state index contributed by atoms with van der Waals surface area (Å²) >= 11 is 1.44. The van der Waals surface area contributed by atoms with Gasteiger partial charge in [0.1, 0.15) is 6.04 Å². The minimum Gasteiger partial charge on any atom is -0.464 e. The Morgan fingerprint density at radius 3 is 2.64 bits per heavy atom. The van der Waals surface area contributed by atoms with Gasteiger partial charge in [0.15, 0.2) is 0 Å². The molecule has 69 heavy (non-hydrogen) atoms. The molecule has 2 saturated heterocycles. The van der Waals surface area contributed by atoms with Crippen molar-refractivity contribution in [3.63, 3.8) is 0 Å². The smallest absolute Gasteiger partial charge is 0.324 e. The van der Waals surface area contributed by atoms with E-state index in [9.17, 15) is 19.2 Å². The van der Waals surface area contributed by atoms with E-state index in [1.807, 2.05) is 51.2 Å². The molecule has 3 aliphatic heterocycles. The Morgan fingerprint density at radius 2 is 1.93 bits per heavy atom. The Labute approximate surface area is 408 Å². The second-order valence-electron chi connectivity index (χ2n) is 20.5. The standard InChI is InChI=1S/C52H67FN8O7S/c1-10-60-42-18-17-33-23-36(42)38(47(60)35-13-11-21-54-45(35)31(2)66-9)25-51(3,4)30-68-50(65)40-14-12-22-61(57-40)49(64)37(24-43-55-41(33)29-69-43)46(32-15-16-32)56-48(63)39(53)28-67-34-26-59(27-34)44(62)19-20-52(5,6)58(7)8/h11,13,17-18,21,23,29,31-32,34,37,39-40,46,57H,10,12,14-16,22,24-28,30H2,1-9H3,(H,56,63)/t31-,37?,39?,40-,46?/m0/s1. The van der Waals surface area contributed by atoms with Crippen LogP contribution >= 0.6 is 11.3 Å². The maximum absolute atomic E-state index is 15.8. The Kier molecular flexibility index (Phi) is 15.0. The van der Waals surface area contributed by atoms with Crippen LogP contribution in [0.25, 0.3) is 33.4 Å². The number of carbonyl (C=O) groups is 4. The molecule has 2 N–H and O–H groups in total. The van der Waals surface area contributed by atoms with Crippen LogP contribution in [0.3, 0.4) is 0 Å². The molecule has 4 aliphatic rings. The highest BCUT2D eigenvalue weighted by molar-refractivity contribution is 7.10. The van der Waals surface area contributed by atoms with Crippen LogP contribution < -0.4 is 10.7 Å². The molecule has 3 amide bonds. The van der Waals surface area contributed by atoms with E-state index < -0.39 is 59.7 Å². The lowest BCUT2D eigenvalue weighted by Crippen LogP contribution is -2.60. The van der Waals surface area contributed by atoms with Crippen molar-refractivity contribution in [2.45, 2.75) is 123 Å². The number of alkyl halides is 1. The molecule has 3 aromatic heterocycles. The number of nitrogens with one attached hydrogen (secondary N) is 2. The number of cyclic esters (lactones) is 1. The fourth-order valence-electron chi connectivity index (χ4n) is 9.42. The molecular weight excluding hydrogens is 900 g/mol. The molecule has 6 heterocycles. The lowest BCUT2D eigenvalue weighted by Gasteiger charge is -2.38. The van der Waals surface area contributed by atoms with Crippen LogP contribution in [0.2, 0.25) is 0 Å². The van der Waals surface area contributed by atoms with E-state index in [2.05, 4.69) is 72.2 Å². The largest absolute Gasteiger partial charge is 0.464 e. The van der Waals surface area contributed by atoms with Gasteiger partial charge in [-0.15, -0.1) is 11.3 Å². The number of hydrazine groups is 1. The van der Waals surface area contributed by atoms with Gasteiger partial charge in [-0.2, -0.15) is 0 Å². The SMILES string of the molecule is CCn1c(-c2cccnc2[C@H](C)OC)c2c3cc(ccc31)-c1csc(n1)CC(C(NC(=O)C(F)COC1CN(C(=O)C#CC(C)(C)N(C)C)C1)C1CC1)C(=O)N1CCC[C@H](N1)C(=O)OCC(C)(C)C2. The molecule has 4 aromatic rings. The van der Waals surface area contributed by atoms with Gasteiger partial charge in [-0.3, -0.25) is 34.1 Å². The molecule has 8 rings (SSSR count). The van der Waals surface area contributed by atoms with Gasteiger partial charge in [0.2, 0.25) is 12.1 Å². The molecule has 370 valence electrons. The van der Waals surface area contributed by atoms with Crippen molar-refractivity contribution < 1.29 is 37.8 Å². The summed E-state index contributed by atoms with van der Waals surface area (Å²) in [7, 11) is 5.47. The zero-order valence-corrected chi connectivity index (χ0v) is 42.2. The van der Waals surface area contributed by atoms with Crippen LogP contribution in [0, 0.1) is 29.1 Å². The number of nitrogens with zero attached hydrogens (tertiary/aromatic N) is 6. The highest BCUT2D eigenvalue weighted by Crippen LogP contribution is 2.43. The topological polar surface area (TPSA) is 160 Å². The molecule has 17 heteroatoms. The van der Waals surface area contributed by atoms with Crippen molar-refractivity contribution >= 4 is 45.9 Å². The van der Waals surface area contributed by atoms with Crippen molar-refractivity contribution in [2.75, 3.05) is 54.1 Å². The molecule has 3 fully saturated rings. The molecule has 1 aliphatic carbocycles. The summed E-state index contributed by atoms with van der Waals surface area (Å²) < 4.78 is 35.8. The van der Waals surface area contributed by atoms with Gasteiger partial charge in [0.05, 0.1) is 59.0 Å². The van der Waals surface area contributed by atoms with Crippen LogP contribution in [0.4, 0.5) is 4.39 Å². The predicted octanol–water partition coefficient (Wildman–Crippen LogP) is 6.14. The second kappa shape index (κ2) is 20.6. The number of aryl methyl sites for hydroxylation is 1. The minimum atomic E-state index is -2.01. The van der Waals surface area contributed by atoms with Gasteiger partial charge in [-0.05, 0) is 116 Å². The number of methoxy groups -OCH3 is 1. The van der Waals surface area contributed by atoms with E-state index in [4.69, 9.17) is 24.2 Å². The molecule has 0 spiro atoms. The van der Waals surface area contributed by atoms with Gasteiger partial charge < -0.3 is 29.0 Å². The molecule has 6 bridgehead atoms. The highest BCUT2D eigenvalue weighted by atomic mass is 32.1. The molecule has 0 radical (unpaired) electrons. The fourth-order valence-corrected chi connectivity index (χ4v) is 10.3. The number of thiazole rings is 1. The number of amides is 3. The van der Waals surface area contributed by atoms with Crippen LogP contribution in [0.5, 0.6) is 0 Å². The first-order valence-electron chi connectivity index (χ1n) is 24.3. The Morgan fingerprint density at radius 1 is 1.16 bits per heavy atom. The monoisotopic (exact) mass is 966 g/mol. The number of halogens is 1. The van der Waals surface area contributed by atoms with Crippen LogP contribution in [-0.4, -0.2) is 137 Å². The van der Waals surface area contributed by atoms with E-state index in [1.165, 1.54) is 21.2 Å². The summed E-state index contributed by atoms with van der Waals surface area (Å²) in [5.41, 5.74) is 8.86. The van der Waals surface area contributed by atoms with E-state index in [0.717, 1.165) is 57.5 Å². The van der Waals surface area contributed by atoms with E-state index in [0.29, 0.717) is 37.4 Å². The maximum Gasteiger partial charge on any atom is 0.324 e. The summed E-state index contributed by atoms with van der Waals surface area (Å²) in [5, 5.41) is 8.17. The zero-order valence-electron chi connectivity index (χ0n) is 41.4. The number of benzene rings is 1. The van der Waals surface area contributed by atoms with Crippen LogP contribution in [-0.2, 0) is 52.8 Å². The summed E-state index contributed by atoms with van der Waals surface area (Å²) in [6, 6.07) is 8.95. The number of likely N-dealkylation sites (tertiary alicyclic amines) is 1. The third-order valence-corrected chi connectivity index (χ3v) is 15.1. The Hall–Kier alpha value is -5.25. The minimum absolute atomic E-state index is 0.0595. The van der Waals surface area contributed by atoms with Gasteiger partial charge in [0, 0.05) is 84.8 Å². The zero-order chi connectivity index (χ0) is 49.4. The maximum atomic E-state index is 15.8.